The van der Waals surface area contributed by atoms with Gasteiger partial charge in [0.1, 0.15) is 0 Å². The van der Waals surface area contributed by atoms with Crippen LogP contribution in [0.3, 0.4) is 0 Å². The van der Waals surface area contributed by atoms with Gasteiger partial charge in [0.05, 0.1) is 11.5 Å². The minimum Gasteiger partial charge on any atom is -0.381 e. The summed E-state index contributed by atoms with van der Waals surface area (Å²) in [6, 6.07) is 4.19. The Hall–Kier alpha value is -1.46. The molecule has 0 radical (unpaired) electrons. The molecule has 2 fully saturated rings. The Kier molecular flexibility index (Phi) is 4.22. The molecule has 0 saturated carbocycles. The minimum absolute atomic E-state index is 0.173. The van der Waals surface area contributed by atoms with Gasteiger partial charge in [0.25, 0.3) is 0 Å². The molecular formula is C16H23N3O2. The van der Waals surface area contributed by atoms with Gasteiger partial charge in [-0.3, -0.25) is 9.78 Å². The largest absolute Gasteiger partial charge is 0.381 e. The number of ether oxygens (including phenoxy) is 1. The highest BCUT2D eigenvalue weighted by atomic mass is 16.5. The quantitative estimate of drug-likeness (QED) is 0.915. The van der Waals surface area contributed by atoms with Crippen molar-refractivity contribution >= 4 is 5.91 Å². The first kappa shape index (κ1) is 14.5. The second kappa shape index (κ2) is 6.12. The summed E-state index contributed by atoms with van der Waals surface area (Å²) in [4.78, 5) is 19.2. The highest BCUT2D eigenvalue weighted by Crippen LogP contribution is 2.39. The number of nitrogens with zero attached hydrogens (tertiary/aromatic N) is 2. The zero-order chi connectivity index (χ0) is 14.7. The number of nitrogens with two attached hydrogens (primary N) is 1. The molecule has 3 heterocycles. The van der Waals surface area contributed by atoms with Crippen LogP contribution in [-0.4, -0.2) is 42.1 Å². The molecule has 1 unspecified atom stereocenters. The summed E-state index contributed by atoms with van der Waals surface area (Å²) in [5, 5.41) is 0. The predicted octanol–water partition coefficient (Wildman–Crippen LogP) is 1.50. The zero-order valence-electron chi connectivity index (χ0n) is 12.3. The maximum atomic E-state index is 13.1. The van der Waals surface area contributed by atoms with Crippen LogP contribution in [-0.2, 0) is 9.53 Å². The Morgan fingerprint density at radius 3 is 2.76 bits per heavy atom. The smallest absolute Gasteiger partial charge is 0.230 e. The minimum atomic E-state index is -0.423. The van der Waals surface area contributed by atoms with Gasteiger partial charge in [-0.1, -0.05) is 0 Å². The fraction of sp³-hybridized carbons (Fsp3) is 0.625. The summed E-state index contributed by atoms with van der Waals surface area (Å²) >= 11 is 0. The summed E-state index contributed by atoms with van der Waals surface area (Å²) in [6.45, 7) is 2.51. The van der Waals surface area contributed by atoms with Gasteiger partial charge in [0.15, 0.2) is 0 Å². The fourth-order valence-electron chi connectivity index (χ4n) is 3.51. The lowest BCUT2D eigenvalue weighted by molar-refractivity contribution is -0.148. The van der Waals surface area contributed by atoms with E-state index in [-0.39, 0.29) is 11.9 Å². The van der Waals surface area contributed by atoms with E-state index in [2.05, 4.69) is 4.98 Å². The van der Waals surface area contributed by atoms with E-state index in [0.29, 0.717) is 19.8 Å². The molecule has 1 aromatic heterocycles. The number of pyridine rings is 1. The van der Waals surface area contributed by atoms with E-state index in [1.54, 1.807) is 12.4 Å². The molecule has 2 saturated heterocycles. The molecule has 1 amide bonds. The van der Waals surface area contributed by atoms with Gasteiger partial charge >= 0.3 is 0 Å². The van der Waals surface area contributed by atoms with Gasteiger partial charge in [0, 0.05) is 38.7 Å². The maximum Gasteiger partial charge on any atom is 0.230 e. The van der Waals surface area contributed by atoms with Crippen LogP contribution in [0.15, 0.2) is 24.5 Å². The number of amides is 1. The number of carbonyl (C=O) groups is 1. The third kappa shape index (κ3) is 2.68. The SMILES string of the molecule is NCC1(C(=O)N2CCCC2c2ccncc2)CCOCC1. The number of aromatic nitrogens is 1. The van der Waals surface area contributed by atoms with Crippen LogP contribution in [0.2, 0.25) is 0 Å². The lowest BCUT2D eigenvalue weighted by Gasteiger charge is -2.39. The van der Waals surface area contributed by atoms with E-state index in [4.69, 9.17) is 10.5 Å². The third-order valence-electron chi connectivity index (χ3n) is 4.90. The molecule has 2 N–H and O–H groups in total. The average molecular weight is 289 g/mol. The van der Waals surface area contributed by atoms with Crippen molar-refractivity contribution in [2.75, 3.05) is 26.3 Å². The average Bonchev–Trinajstić information content (AvgIpc) is 3.05. The number of hydrogen-bond acceptors (Lipinski definition) is 4. The number of carbonyl (C=O) groups excluding carboxylic acids is 1. The van der Waals surface area contributed by atoms with Crippen molar-refractivity contribution in [2.45, 2.75) is 31.7 Å². The normalized spacial score (nSPS) is 25.0. The Labute approximate surface area is 125 Å². The molecule has 0 spiro atoms. The fourth-order valence-corrected chi connectivity index (χ4v) is 3.51. The zero-order valence-corrected chi connectivity index (χ0v) is 12.3. The van der Waals surface area contributed by atoms with Crippen molar-refractivity contribution < 1.29 is 9.53 Å². The van der Waals surface area contributed by atoms with Crippen LogP contribution in [0.1, 0.15) is 37.3 Å². The lowest BCUT2D eigenvalue weighted by Crippen LogP contribution is -2.50. The van der Waals surface area contributed by atoms with Crippen molar-refractivity contribution in [1.82, 2.24) is 9.88 Å². The molecule has 114 valence electrons. The van der Waals surface area contributed by atoms with Crippen molar-refractivity contribution in [3.05, 3.63) is 30.1 Å². The van der Waals surface area contributed by atoms with Gasteiger partial charge in [-0.15, -0.1) is 0 Å². The van der Waals surface area contributed by atoms with Crippen molar-refractivity contribution in [3.63, 3.8) is 0 Å². The molecule has 0 aromatic carbocycles. The topological polar surface area (TPSA) is 68.5 Å². The molecule has 1 atom stereocenters. The van der Waals surface area contributed by atoms with Gasteiger partial charge in [-0.2, -0.15) is 0 Å². The molecule has 0 aliphatic carbocycles. The van der Waals surface area contributed by atoms with Crippen LogP contribution >= 0.6 is 0 Å². The van der Waals surface area contributed by atoms with E-state index in [1.807, 2.05) is 17.0 Å². The molecular weight excluding hydrogens is 266 g/mol. The summed E-state index contributed by atoms with van der Waals surface area (Å²) in [5.74, 6) is 0.215. The summed E-state index contributed by atoms with van der Waals surface area (Å²) in [6.07, 6.45) is 7.14. The number of rotatable bonds is 3. The predicted molar refractivity (Wildman–Crippen MR) is 79.5 cm³/mol. The number of likely N-dealkylation sites (tertiary alicyclic amines) is 1. The monoisotopic (exact) mass is 289 g/mol. The molecule has 3 rings (SSSR count). The van der Waals surface area contributed by atoms with E-state index < -0.39 is 5.41 Å². The second-order valence-electron chi connectivity index (χ2n) is 6.03. The van der Waals surface area contributed by atoms with E-state index in [0.717, 1.165) is 32.2 Å². The molecule has 5 nitrogen and oxygen atoms in total. The van der Waals surface area contributed by atoms with Crippen LogP contribution in [0.25, 0.3) is 0 Å². The van der Waals surface area contributed by atoms with Crippen molar-refractivity contribution in [2.24, 2.45) is 11.1 Å². The van der Waals surface area contributed by atoms with E-state index in [9.17, 15) is 4.79 Å². The second-order valence-corrected chi connectivity index (χ2v) is 6.03. The third-order valence-corrected chi connectivity index (χ3v) is 4.90. The summed E-state index contributed by atoms with van der Waals surface area (Å²) in [5.41, 5.74) is 6.73. The molecule has 0 bridgehead atoms. The van der Waals surface area contributed by atoms with Crippen LogP contribution in [0.4, 0.5) is 0 Å². The molecule has 2 aliphatic rings. The molecule has 1 aromatic rings. The summed E-state index contributed by atoms with van der Waals surface area (Å²) in [7, 11) is 0. The van der Waals surface area contributed by atoms with Crippen molar-refractivity contribution in [3.8, 4) is 0 Å². The highest BCUT2D eigenvalue weighted by Gasteiger charge is 2.44. The van der Waals surface area contributed by atoms with Gasteiger partial charge in [-0.25, -0.2) is 0 Å². The van der Waals surface area contributed by atoms with Crippen LogP contribution in [0, 0.1) is 5.41 Å². The van der Waals surface area contributed by atoms with Crippen molar-refractivity contribution in [1.29, 1.82) is 0 Å². The Bertz CT molecular complexity index is 486. The van der Waals surface area contributed by atoms with E-state index >= 15 is 0 Å². The van der Waals surface area contributed by atoms with Gasteiger partial charge < -0.3 is 15.4 Å². The first-order valence-electron chi connectivity index (χ1n) is 7.76. The standard InChI is InChI=1S/C16H23N3O2/c17-12-16(5-10-21-11-6-16)15(20)19-9-1-2-14(19)13-3-7-18-8-4-13/h3-4,7-8,14H,1-2,5-6,9-12,17H2. The Balaban J connectivity index is 1.82. The Morgan fingerprint density at radius 2 is 2.10 bits per heavy atom. The molecule has 2 aliphatic heterocycles. The molecule has 5 heteroatoms. The Morgan fingerprint density at radius 1 is 1.38 bits per heavy atom. The van der Waals surface area contributed by atoms with Gasteiger partial charge in [0.2, 0.25) is 5.91 Å². The highest BCUT2D eigenvalue weighted by molar-refractivity contribution is 5.84. The lowest BCUT2D eigenvalue weighted by atomic mass is 9.78. The van der Waals surface area contributed by atoms with Crippen LogP contribution < -0.4 is 5.73 Å². The first-order chi connectivity index (χ1) is 10.3. The first-order valence-corrected chi connectivity index (χ1v) is 7.76. The van der Waals surface area contributed by atoms with Gasteiger partial charge in [-0.05, 0) is 43.4 Å². The summed E-state index contributed by atoms with van der Waals surface area (Å²) < 4.78 is 5.42. The van der Waals surface area contributed by atoms with Crippen LogP contribution in [0.5, 0.6) is 0 Å². The molecule has 21 heavy (non-hydrogen) atoms. The number of hydrogen-bond donors (Lipinski definition) is 1. The maximum absolute atomic E-state index is 13.1. The van der Waals surface area contributed by atoms with E-state index in [1.165, 1.54) is 5.56 Å².